The normalized spacial score (nSPS) is 12.2. The molecule has 0 N–H and O–H groups in total. The molecule has 0 spiro atoms. The van der Waals surface area contributed by atoms with Crippen LogP contribution in [0.3, 0.4) is 0 Å². The van der Waals surface area contributed by atoms with Crippen LogP contribution in [0.15, 0.2) is 48.5 Å². The van der Waals surface area contributed by atoms with Gasteiger partial charge in [0.1, 0.15) is 5.75 Å². The van der Waals surface area contributed by atoms with Crippen molar-refractivity contribution >= 4 is 37.3 Å². The summed E-state index contributed by atoms with van der Waals surface area (Å²) in [6.07, 6.45) is 0.907. The van der Waals surface area contributed by atoms with Gasteiger partial charge in [0.05, 0.1) is 4.88 Å². The first kappa shape index (κ1) is 19.1. The highest BCUT2D eigenvalue weighted by Gasteiger charge is 2.38. The first-order chi connectivity index (χ1) is 12.2. The van der Waals surface area contributed by atoms with E-state index in [1.807, 2.05) is 12.1 Å². The molecular formula is C21H24O2S2Si. The summed E-state index contributed by atoms with van der Waals surface area (Å²) in [6.45, 7) is 11.3. The van der Waals surface area contributed by atoms with Crippen molar-refractivity contribution in [2.45, 2.75) is 38.9 Å². The topological polar surface area (TPSA) is 26.3 Å². The third kappa shape index (κ3) is 4.00. The average Bonchev–Trinajstić information content (AvgIpc) is 3.23. The molecule has 2 heterocycles. The third-order valence-corrected chi connectivity index (χ3v) is 11.6. The van der Waals surface area contributed by atoms with Crippen molar-refractivity contribution in [2.24, 2.45) is 0 Å². The van der Waals surface area contributed by atoms with Crippen molar-refractivity contribution in [2.75, 3.05) is 0 Å². The van der Waals surface area contributed by atoms with Crippen molar-refractivity contribution in [3.8, 4) is 25.9 Å². The van der Waals surface area contributed by atoms with Crippen molar-refractivity contribution in [1.82, 2.24) is 0 Å². The van der Waals surface area contributed by atoms with E-state index in [1.165, 1.54) is 26.7 Å². The monoisotopic (exact) mass is 400 g/mol. The van der Waals surface area contributed by atoms with Crippen LogP contribution in [0.4, 0.5) is 0 Å². The van der Waals surface area contributed by atoms with E-state index in [0.29, 0.717) is 0 Å². The van der Waals surface area contributed by atoms with Gasteiger partial charge in [-0.2, -0.15) is 0 Å². The summed E-state index contributed by atoms with van der Waals surface area (Å²) in [5, 5.41) is 0.190. The summed E-state index contributed by atoms with van der Waals surface area (Å²) in [5.41, 5.74) is 1.19. The van der Waals surface area contributed by atoms with Crippen LogP contribution in [0, 0.1) is 0 Å². The summed E-state index contributed by atoms with van der Waals surface area (Å²) in [5.74, 6) is 0.950. The maximum atomic E-state index is 10.9. The van der Waals surface area contributed by atoms with Gasteiger partial charge in [0, 0.05) is 14.6 Å². The molecule has 0 unspecified atom stereocenters. The number of benzene rings is 1. The summed E-state index contributed by atoms with van der Waals surface area (Å²) >= 11 is 3.28. The van der Waals surface area contributed by atoms with Gasteiger partial charge in [0.2, 0.25) is 8.32 Å². The van der Waals surface area contributed by atoms with Gasteiger partial charge < -0.3 is 4.43 Å². The van der Waals surface area contributed by atoms with Gasteiger partial charge in [0.25, 0.3) is 0 Å². The van der Waals surface area contributed by atoms with E-state index in [2.05, 4.69) is 70.3 Å². The van der Waals surface area contributed by atoms with Crippen LogP contribution >= 0.6 is 22.7 Å². The number of carbonyl (C=O) groups is 1. The molecule has 0 saturated carbocycles. The minimum absolute atomic E-state index is 0.190. The van der Waals surface area contributed by atoms with E-state index < -0.39 is 8.32 Å². The van der Waals surface area contributed by atoms with E-state index in [0.717, 1.165) is 21.8 Å². The van der Waals surface area contributed by atoms with E-state index >= 15 is 0 Å². The molecule has 0 aliphatic heterocycles. The fraction of sp³-hybridized carbons (Fsp3) is 0.286. The summed E-state index contributed by atoms with van der Waals surface area (Å²) < 4.78 is 6.36. The van der Waals surface area contributed by atoms with Crippen LogP contribution in [0.1, 0.15) is 30.4 Å². The molecule has 0 bridgehead atoms. The van der Waals surface area contributed by atoms with Crippen LogP contribution in [0.2, 0.25) is 18.1 Å². The zero-order valence-electron chi connectivity index (χ0n) is 15.8. The number of carbonyl (C=O) groups excluding carboxylic acids is 1. The van der Waals surface area contributed by atoms with Crippen LogP contribution in [0.25, 0.3) is 20.2 Å². The van der Waals surface area contributed by atoms with Crippen LogP contribution in [-0.4, -0.2) is 14.6 Å². The van der Waals surface area contributed by atoms with Crippen molar-refractivity contribution in [3.05, 3.63) is 53.4 Å². The molecule has 136 valence electrons. The number of hydrogen-bond donors (Lipinski definition) is 0. The van der Waals surface area contributed by atoms with Crippen molar-refractivity contribution in [1.29, 1.82) is 0 Å². The SMILES string of the molecule is CC(C)(C)[Si](C)(C)Oc1ccc(-c2ccc(-c3ccc(C=O)s3)s2)cc1. The number of aldehydes is 1. The first-order valence-corrected chi connectivity index (χ1v) is 13.2. The van der Waals surface area contributed by atoms with Gasteiger partial charge in [-0.05, 0) is 72.2 Å². The maximum absolute atomic E-state index is 10.9. The van der Waals surface area contributed by atoms with Gasteiger partial charge >= 0.3 is 0 Å². The molecule has 0 amide bonds. The molecule has 2 aromatic heterocycles. The fourth-order valence-corrected chi connectivity index (χ4v) is 5.27. The molecule has 0 atom stereocenters. The molecule has 0 fully saturated rings. The molecule has 26 heavy (non-hydrogen) atoms. The Morgan fingerprint density at radius 1 is 0.846 bits per heavy atom. The quantitative estimate of drug-likeness (QED) is 0.331. The Kier molecular flexibility index (Phi) is 5.24. The number of thiophene rings is 2. The molecule has 0 aliphatic carbocycles. The Morgan fingerprint density at radius 3 is 2.00 bits per heavy atom. The lowest BCUT2D eigenvalue weighted by Crippen LogP contribution is -2.43. The zero-order chi connectivity index (χ0) is 18.9. The molecule has 3 aromatic rings. The third-order valence-electron chi connectivity index (χ3n) is 4.91. The minimum atomic E-state index is -1.81. The molecule has 0 aliphatic rings. The summed E-state index contributed by atoms with van der Waals surface area (Å²) in [7, 11) is -1.81. The lowest BCUT2D eigenvalue weighted by atomic mass is 10.2. The fourth-order valence-electron chi connectivity index (χ4n) is 2.31. The molecular weight excluding hydrogens is 376 g/mol. The predicted octanol–water partition coefficient (Wildman–Crippen LogP) is 7.34. The molecule has 2 nitrogen and oxygen atoms in total. The highest BCUT2D eigenvalue weighted by molar-refractivity contribution is 7.24. The van der Waals surface area contributed by atoms with Crippen LogP contribution in [0.5, 0.6) is 5.75 Å². The second kappa shape index (κ2) is 7.14. The van der Waals surface area contributed by atoms with Crippen molar-refractivity contribution < 1.29 is 9.22 Å². The van der Waals surface area contributed by atoms with E-state index in [-0.39, 0.29) is 5.04 Å². The molecule has 0 saturated heterocycles. The Morgan fingerprint density at radius 2 is 1.42 bits per heavy atom. The van der Waals surface area contributed by atoms with Crippen molar-refractivity contribution in [3.63, 3.8) is 0 Å². The molecule has 5 heteroatoms. The Bertz CT molecular complexity index is 899. The van der Waals surface area contributed by atoms with Gasteiger partial charge in [-0.15, -0.1) is 22.7 Å². The number of rotatable bonds is 5. The molecule has 1 aromatic carbocycles. The van der Waals surface area contributed by atoms with E-state index in [1.54, 1.807) is 11.3 Å². The predicted molar refractivity (Wildman–Crippen MR) is 116 cm³/mol. The largest absolute Gasteiger partial charge is 0.544 e. The second-order valence-corrected chi connectivity index (χ2v) is 14.8. The average molecular weight is 401 g/mol. The van der Waals surface area contributed by atoms with Crippen LogP contribution < -0.4 is 4.43 Å². The van der Waals surface area contributed by atoms with Gasteiger partial charge in [-0.3, -0.25) is 4.79 Å². The van der Waals surface area contributed by atoms with E-state index in [4.69, 9.17) is 4.43 Å². The Hall–Kier alpha value is -1.69. The van der Waals surface area contributed by atoms with Gasteiger partial charge in [-0.1, -0.05) is 20.8 Å². The smallest absolute Gasteiger partial charge is 0.250 e. The lowest BCUT2D eigenvalue weighted by Gasteiger charge is -2.36. The lowest BCUT2D eigenvalue weighted by molar-refractivity contribution is 0.112. The summed E-state index contributed by atoms with van der Waals surface area (Å²) in [6, 6.07) is 16.6. The minimum Gasteiger partial charge on any atom is -0.544 e. The van der Waals surface area contributed by atoms with E-state index in [9.17, 15) is 4.79 Å². The highest BCUT2D eigenvalue weighted by Crippen LogP contribution is 2.39. The van der Waals surface area contributed by atoms with Gasteiger partial charge in [0.15, 0.2) is 6.29 Å². The highest BCUT2D eigenvalue weighted by atomic mass is 32.1. The van der Waals surface area contributed by atoms with Crippen LogP contribution in [-0.2, 0) is 0 Å². The maximum Gasteiger partial charge on any atom is 0.250 e. The molecule has 0 radical (unpaired) electrons. The number of hydrogen-bond acceptors (Lipinski definition) is 4. The Labute approximate surface area is 164 Å². The Balaban J connectivity index is 1.78. The molecule has 3 rings (SSSR count). The second-order valence-electron chi connectivity index (χ2n) is 7.87. The standard InChI is InChI=1S/C21H24O2S2Si/c1-21(2,3)26(4,5)23-16-8-6-15(7-9-16)18-12-13-20(25-18)19-11-10-17(14-22)24-19/h6-14H,1-5H3. The summed E-state index contributed by atoms with van der Waals surface area (Å²) in [4.78, 5) is 15.2. The first-order valence-electron chi connectivity index (χ1n) is 8.64. The van der Waals surface area contributed by atoms with Gasteiger partial charge in [-0.25, -0.2) is 0 Å². The zero-order valence-corrected chi connectivity index (χ0v) is 18.5.